The van der Waals surface area contributed by atoms with Crippen LogP contribution in [0.1, 0.15) is 11.1 Å². The maximum Gasteiger partial charge on any atom is 0.292 e. The number of benzene rings is 2. The van der Waals surface area contributed by atoms with Crippen LogP contribution in [0, 0.1) is 17.0 Å². The van der Waals surface area contributed by atoms with E-state index in [0.29, 0.717) is 24.5 Å². The topological polar surface area (TPSA) is 84.3 Å². The fourth-order valence-corrected chi connectivity index (χ4v) is 3.10. The fourth-order valence-electron chi connectivity index (χ4n) is 2.30. The lowest BCUT2D eigenvalue weighted by atomic mass is 10.2. The van der Waals surface area contributed by atoms with E-state index in [1.807, 2.05) is 19.1 Å². The van der Waals surface area contributed by atoms with E-state index in [1.54, 1.807) is 30.0 Å². The Morgan fingerprint density at radius 1 is 1.16 bits per heavy atom. The van der Waals surface area contributed by atoms with Crippen molar-refractivity contribution in [3.63, 3.8) is 0 Å². The highest BCUT2D eigenvalue weighted by atomic mass is 32.2. The van der Waals surface area contributed by atoms with Gasteiger partial charge in [-0.2, -0.15) is 0 Å². The maximum absolute atomic E-state index is 11.8. The van der Waals surface area contributed by atoms with E-state index < -0.39 is 4.92 Å². The van der Waals surface area contributed by atoms with E-state index in [2.05, 4.69) is 22.8 Å². The molecule has 0 radical (unpaired) electrons. The smallest absolute Gasteiger partial charge is 0.292 e. The number of para-hydroxylation sites is 2. The summed E-state index contributed by atoms with van der Waals surface area (Å²) in [5, 5.41) is 16.7. The second-order valence-electron chi connectivity index (χ2n) is 5.53. The first-order valence-corrected chi connectivity index (χ1v) is 9.09. The lowest BCUT2D eigenvalue weighted by molar-refractivity contribution is -0.384. The molecular weight excluding hydrogens is 338 g/mol. The van der Waals surface area contributed by atoms with Gasteiger partial charge in [-0.15, -0.1) is 11.8 Å². The van der Waals surface area contributed by atoms with Crippen LogP contribution in [0.15, 0.2) is 48.5 Å². The largest absolute Gasteiger partial charge is 0.378 e. The van der Waals surface area contributed by atoms with Gasteiger partial charge in [0.2, 0.25) is 5.91 Å². The SMILES string of the molecule is Cc1cccc(CSCC(=O)NCCNc2ccccc2[N+](=O)[O-])c1. The first-order chi connectivity index (χ1) is 12.1. The number of anilines is 1. The van der Waals surface area contributed by atoms with Crippen molar-refractivity contribution in [3.05, 3.63) is 69.8 Å². The summed E-state index contributed by atoms with van der Waals surface area (Å²) < 4.78 is 0. The van der Waals surface area contributed by atoms with Crippen LogP contribution < -0.4 is 10.6 Å². The summed E-state index contributed by atoms with van der Waals surface area (Å²) >= 11 is 1.56. The highest BCUT2D eigenvalue weighted by Gasteiger charge is 2.11. The Morgan fingerprint density at radius 3 is 2.72 bits per heavy atom. The molecule has 2 N–H and O–H groups in total. The van der Waals surface area contributed by atoms with Gasteiger partial charge in [-0.25, -0.2) is 0 Å². The van der Waals surface area contributed by atoms with E-state index in [9.17, 15) is 14.9 Å². The predicted molar refractivity (Wildman–Crippen MR) is 102 cm³/mol. The summed E-state index contributed by atoms with van der Waals surface area (Å²) in [6.45, 7) is 2.89. The third-order valence-electron chi connectivity index (χ3n) is 3.45. The summed E-state index contributed by atoms with van der Waals surface area (Å²) in [6, 6.07) is 14.7. The molecule has 2 rings (SSSR count). The van der Waals surface area contributed by atoms with Crippen LogP contribution in [0.3, 0.4) is 0 Å². The number of hydrogen-bond donors (Lipinski definition) is 2. The maximum atomic E-state index is 11.8. The third kappa shape index (κ3) is 6.46. The summed E-state index contributed by atoms with van der Waals surface area (Å²) in [4.78, 5) is 22.3. The van der Waals surface area contributed by atoms with E-state index in [1.165, 1.54) is 17.2 Å². The van der Waals surface area contributed by atoms with Crippen molar-refractivity contribution >= 4 is 29.0 Å². The van der Waals surface area contributed by atoms with Crippen molar-refractivity contribution in [1.82, 2.24) is 5.32 Å². The second kappa shape index (κ2) is 9.68. The van der Waals surface area contributed by atoms with Crippen LogP contribution in [-0.2, 0) is 10.5 Å². The molecule has 0 saturated heterocycles. The van der Waals surface area contributed by atoms with E-state index in [-0.39, 0.29) is 11.6 Å². The Hall–Kier alpha value is -2.54. The summed E-state index contributed by atoms with van der Waals surface area (Å²) in [5.41, 5.74) is 2.90. The summed E-state index contributed by atoms with van der Waals surface area (Å²) in [6.07, 6.45) is 0. The Morgan fingerprint density at radius 2 is 1.96 bits per heavy atom. The van der Waals surface area contributed by atoms with Crippen LogP contribution in [-0.4, -0.2) is 29.7 Å². The second-order valence-corrected chi connectivity index (χ2v) is 6.52. The Balaban J connectivity index is 1.65. The van der Waals surface area contributed by atoms with Crippen LogP contribution >= 0.6 is 11.8 Å². The number of nitro benzene ring substituents is 1. The molecule has 0 aromatic heterocycles. The lowest BCUT2D eigenvalue weighted by Crippen LogP contribution is -2.30. The third-order valence-corrected chi connectivity index (χ3v) is 4.45. The molecule has 0 aliphatic heterocycles. The van der Waals surface area contributed by atoms with Crippen LogP contribution in [0.5, 0.6) is 0 Å². The van der Waals surface area contributed by atoms with Gasteiger partial charge in [-0.05, 0) is 18.6 Å². The summed E-state index contributed by atoms with van der Waals surface area (Å²) in [7, 11) is 0. The van der Waals surface area contributed by atoms with Crippen LogP contribution in [0.25, 0.3) is 0 Å². The van der Waals surface area contributed by atoms with E-state index in [4.69, 9.17) is 0 Å². The molecule has 25 heavy (non-hydrogen) atoms. The van der Waals surface area contributed by atoms with Crippen molar-refractivity contribution in [2.24, 2.45) is 0 Å². The van der Waals surface area contributed by atoms with Gasteiger partial charge < -0.3 is 10.6 Å². The molecule has 0 heterocycles. The van der Waals surface area contributed by atoms with Gasteiger partial charge in [0, 0.05) is 24.9 Å². The molecule has 0 atom stereocenters. The Labute approximate surface area is 151 Å². The van der Waals surface area contributed by atoms with Gasteiger partial charge in [0.15, 0.2) is 0 Å². The van der Waals surface area contributed by atoms with Gasteiger partial charge in [-0.3, -0.25) is 14.9 Å². The molecule has 7 heteroatoms. The number of aryl methyl sites for hydroxylation is 1. The van der Waals surface area contributed by atoms with Crippen molar-refractivity contribution < 1.29 is 9.72 Å². The molecular formula is C18H21N3O3S. The average Bonchev–Trinajstić information content (AvgIpc) is 2.59. The summed E-state index contributed by atoms with van der Waals surface area (Å²) in [5.74, 6) is 1.14. The highest BCUT2D eigenvalue weighted by Crippen LogP contribution is 2.22. The number of nitrogens with one attached hydrogen (secondary N) is 2. The number of carbonyl (C=O) groups is 1. The number of rotatable bonds is 9. The van der Waals surface area contributed by atoms with Crippen LogP contribution in [0.4, 0.5) is 11.4 Å². The molecule has 6 nitrogen and oxygen atoms in total. The zero-order valence-electron chi connectivity index (χ0n) is 14.0. The van der Waals surface area contributed by atoms with Crippen molar-refractivity contribution in [2.75, 3.05) is 24.2 Å². The molecule has 1 amide bonds. The lowest BCUT2D eigenvalue weighted by Gasteiger charge is -2.08. The number of hydrogen-bond acceptors (Lipinski definition) is 5. The number of nitro groups is 1. The molecule has 2 aromatic carbocycles. The van der Waals surface area contributed by atoms with Gasteiger partial charge in [0.25, 0.3) is 5.69 Å². The number of thioether (sulfide) groups is 1. The quantitative estimate of drug-likeness (QED) is 0.407. The standard InChI is InChI=1S/C18H21N3O3S/c1-14-5-4-6-15(11-14)12-25-13-18(22)20-10-9-19-16-7-2-3-8-17(16)21(23)24/h2-8,11,19H,9-10,12-13H2,1H3,(H,20,22). The molecule has 132 valence electrons. The minimum atomic E-state index is -0.428. The molecule has 0 aliphatic rings. The molecule has 0 aliphatic carbocycles. The van der Waals surface area contributed by atoms with Crippen molar-refractivity contribution in [2.45, 2.75) is 12.7 Å². The highest BCUT2D eigenvalue weighted by molar-refractivity contribution is 7.99. The van der Waals surface area contributed by atoms with Crippen molar-refractivity contribution in [1.29, 1.82) is 0 Å². The Kier molecular flexibility index (Phi) is 7.28. The zero-order valence-corrected chi connectivity index (χ0v) is 14.8. The Bertz CT molecular complexity index is 737. The van der Waals surface area contributed by atoms with E-state index >= 15 is 0 Å². The molecule has 0 spiro atoms. The van der Waals surface area contributed by atoms with Gasteiger partial charge in [-0.1, -0.05) is 42.0 Å². The normalized spacial score (nSPS) is 10.3. The minimum Gasteiger partial charge on any atom is -0.378 e. The monoisotopic (exact) mass is 359 g/mol. The number of carbonyl (C=O) groups excluding carboxylic acids is 1. The number of amides is 1. The predicted octanol–water partition coefficient (Wildman–Crippen LogP) is 3.36. The molecule has 2 aromatic rings. The van der Waals surface area contributed by atoms with E-state index in [0.717, 1.165) is 5.75 Å². The molecule has 0 unspecified atom stereocenters. The zero-order chi connectivity index (χ0) is 18.1. The average molecular weight is 359 g/mol. The van der Waals surface area contributed by atoms with Crippen molar-refractivity contribution in [3.8, 4) is 0 Å². The van der Waals surface area contributed by atoms with Crippen LogP contribution in [0.2, 0.25) is 0 Å². The molecule has 0 bridgehead atoms. The number of nitrogens with zero attached hydrogens (tertiary/aromatic N) is 1. The van der Waals surface area contributed by atoms with Gasteiger partial charge in [0.05, 0.1) is 10.7 Å². The first kappa shape index (κ1) is 18.8. The molecule has 0 fully saturated rings. The molecule has 0 saturated carbocycles. The fraction of sp³-hybridized carbons (Fsp3) is 0.278. The van der Waals surface area contributed by atoms with Gasteiger partial charge in [0.1, 0.15) is 5.69 Å². The first-order valence-electron chi connectivity index (χ1n) is 7.93. The minimum absolute atomic E-state index is 0.0301. The van der Waals surface area contributed by atoms with Gasteiger partial charge >= 0.3 is 0 Å².